The van der Waals surface area contributed by atoms with Gasteiger partial charge in [-0.05, 0) is 0 Å². The van der Waals surface area contributed by atoms with Gasteiger partial charge in [-0.3, -0.25) is 0 Å². The minimum atomic E-state index is 1.56. The van der Waals surface area contributed by atoms with Crippen LogP contribution < -0.4 is 0 Å². The van der Waals surface area contributed by atoms with Crippen molar-refractivity contribution in [3.8, 4) is 0 Å². The SMILES string of the molecule is S=C[S][Mo]. The van der Waals surface area contributed by atoms with E-state index in [0.717, 1.165) is 0 Å². The first-order valence-corrected chi connectivity index (χ1v) is 4.37. The average molecular weight is 173 g/mol. The molecule has 0 fully saturated rings. The first-order chi connectivity index (χ1) is 1.91. The van der Waals surface area contributed by atoms with E-state index in [4.69, 9.17) is 0 Å². The van der Waals surface area contributed by atoms with Crippen molar-refractivity contribution in [2.45, 2.75) is 0 Å². The summed E-state index contributed by atoms with van der Waals surface area (Å²) in [6.45, 7) is 0. The van der Waals surface area contributed by atoms with Crippen LogP contribution in [0.3, 0.4) is 0 Å². The zero-order valence-corrected chi connectivity index (χ0v) is 5.44. The molecule has 0 aliphatic heterocycles. The Morgan fingerprint density at radius 2 is 2.25 bits per heavy atom. The van der Waals surface area contributed by atoms with E-state index in [2.05, 4.69) is 12.2 Å². The molecule has 0 bridgehead atoms. The first-order valence-electron chi connectivity index (χ1n) is 0.638. The summed E-state index contributed by atoms with van der Waals surface area (Å²) in [7, 11) is 1.56. The van der Waals surface area contributed by atoms with E-state index in [1.54, 1.807) is 14.2 Å². The molecule has 0 saturated heterocycles. The summed E-state index contributed by atoms with van der Waals surface area (Å²) in [6, 6.07) is 0. The van der Waals surface area contributed by atoms with Crippen molar-refractivity contribution in [1.29, 1.82) is 0 Å². The van der Waals surface area contributed by atoms with Crippen molar-refractivity contribution in [3.63, 3.8) is 0 Å². The van der Waals surface area contributed by atoms with Crippen molar-refractivity contribution in [1.82, 2.24) is 0 Å². The van der Waals surface area contributed by atoms with Crippen molar-refractivity contribution in [2.75, 3.05) is 0 Å². The maximum atomic E-state index is 4.39. The second-order valence-corrected chi connectivity index (χ2v) is 2.57. The maximum absolute atomic E-state index is 4.39. The van der Waals surface area contributed by atoms with Crippen LogP contribution in [0.1, 0.15) is 0 Å². The van der Waals surface area contributed by atoms with E-state index >= 15 is 0 Å². The Morgan fingerprint density at radius 1 is 2.00 bits per heavy atom. The molecule has 0 radical (unpaired) electrons. The quantitative estimate of drug-likeness (QED) is 0.430. The third-order valence-electron chi connectivity index (χ3n) is 0.0393. The standard InChI is InChI=1S/CH2S2.Mo/c2-1-3;/h1H,(H,2,3);/q;+1/p-1. The predicted octanol–water partition coefficient (Wildman–Crippen LogP) is 1.14. The molecule has 0 rings (SSSR count). The van der Waals surface area contributed by atoms with Crippen LogP contribution in [0.25, 0.3) is 0 Å². The Bertz CT molecular complexity index is 20.0. The van der Waals surface area contributed by atoms with Crippen LogP contribution in [-0.4, -0.2) is 4.70 Å². The van der Waals surface area contributed by atoms with Gasteiger partial charge in [0.1, 0.15) is 0 Å². The van der Waals surface area contributed by atoms with Gasteiger partial charge in [0.2, 0.25) is 0 Å². The Balaban J connectivity index is 2.30. The van der Waals surface area contributed by atoms with E-state index in [9.17, 15) is 0 Å². The van der Waals surface area contributed by atoms with Crippen LogP contribution in [0.2, 0.25) is 0 Å². The van der Waals surface area contributed by atoms with E-state index < -0.39 is 0 Å². The topological polar surface area (TPSA) is 0 Å². The molecule has 0 N–H and O–H groups in total. The molecule has 3 heteroatoms. The van der Waals surface area contributed by atoms with Crippen molar-refractivity contribution in [3.05, 3.63) is 0 Å². The van der Waals surface area contributed by atoms with Gasteiger partial charge in [0.15, 0.2) is 0 Å². The van der Waals surface area contributed by atoms with E-state index in [0.29, 0.717) is 0 Å². The van der Waals surface area contributed by atoms with Gasteiger partial charge in [-0.1, -0.05) is 0 Å². The van der Waals surface area contributed by atoms with E-state index in [1.807, 2.05) is 18.5 Å². The van der Waals surface area contributed by atoms with Crippen LogP contribution >= 0.6 is 21.7 Å². The molecule has 0 aromatic carbocycles. The number of rotatable bonds is 1. The minimum absolute atomic E-state index is 1.56. The van der Waals surface area contributed by atoms with Gasteiger partial charge in [0.25, 0.3) is 0 Å². The monoisotopic (exact) mass is 175 g/mol. The Kier molecular flexibility index (Phi) is 5.29. The van der Waals surface area contributed by atoms with Gasteiger partial charge in [-0.15, -0.1) is 0 Å². The second-order valence-electron chi connectivity index (χ2n) is 0.192. The summed E-state index contributed by atoms with van der Waals surface area (Å²) in [5.41, 5.74) is 0. The van der Waals surface area contributed by atoms with Gasteiger partial charge < -0.3 is 0 Å². The molecular weight excluding hydrogens is 172 g/mol. The molecule has 0 heterocycles. The molecule has 0 aromatic heterocycles. The summed E-state index contributed by atoms with van der Waals surface area (Å²) in [4.78, 5) is 0. The summed E-state index contributed by atoms with van der Waals surface area (Å²) in [6.07, 6.45) is 0. The Labute approximate surface area is 44.9 Å². The third-order valence-corrected chi connectivity index (χ3v) is 2.09. The van der Waals surface area contributed by atoms with Crippen molar-refractivity contribution < 1.29 is 18.5 Å². The first kappa shape index (κ1) is 5.13. The van der Waals surface area contributed by atoms with Crippen molar-refractivity contribution in [2.24, 2.45) is 0 Å². The molecule has 0 aliphatic carbocycles. The molecule has 4 heavy (non-hydrogen) atoms. The van der Waals surface area contributed by atoms with Gasteiger partial charge in [-0.25, -0.2) is 0 Å². The molecule has 0 aliphatic rings. The number of hydrogen-bond donors (Lipinski definition) is 0. The summed E-state index contributed by atoms with van der Waals surface area (Å²) < 4.78 is 1.63. The fraction of sp³-hybridized carbons (Fsp3) is 0. The van der Waals surface area contributed by atoms with Crippen LogP contribution in [0, 0.1) is 0 Å². The molecule has 0 spiro atoms. The summed E-state index contributed by atoms with van der Waals surface area (Å²) in [5, 5.41) is 0. The Hall–Kier alpha value is 1.13. The third kappa shape index (κ3) is 3.13. The second kappa shape index (κ2) is 4.13. The molecule has 0 unspecified atom stereocenters. The molecule has 0 aromatic rings. The summed E-state index contributed by atoms with van der Waals surface area (Å²) in [5.74, 6) is 0. The molecule has 0 saturated carbocycles. The van der Waals surface area contributed by atoms with Crippen molar-refractivity contribution >= 4 is 26.4 Å². The van der Waals surface area contributed by atoms with Gasteiger partial charge in [-0.2, -0.15) is 0 Å². The fourth-order valence-electron chi connectivity index (χ4n) is 0. The number of thiocarbonyl (C=S) groups is 1. The Morgan fingerprint density at radius 3 is 2.25 bits per heavy atom. The van der Waals surface area contributed by atoms with Gasteiger partial charge >= 0.3 is 44.9 Å². The molecular formula is CHMoS2. The zero-order chi connectivity index (χ0) is 3.41. The number of hydrogen-bond acceptors (Lipinski definition) is 2. The molecule has 0 nitrogen and oxygen atoms in total. The van der Waals surface area contributed by atoms with Gasteiger partial charge in [0, 0.05) is 0 Å². The zero-order valence-electron chi connectivity index (χ0n) is 1.80. The molecule has 23 valence electrons. The van der Waals surface area contributed by atoms with E-state index in [1.165, 1.54) is 0 Å². The average Bonchev–Trinajstić information content (AvgIpc) is 1.37. The van der Waals surface area contributed by atoms with Gasteiger partial charge in [0.05, 0.1) is 0 Å². The van der Waals surface area contributed by atoms with E-state index in [-0.39, 0.29) is 0 Å². The van der Waals surface area contributed by atoms with Crippen LogP contribution in [0.4, 0.5) is 0 Å². The van der Waals surface area contributed by atoms with Crippen LogP contribution in [-0.2, 0) is 18.5 Å². The fourth-order valence-corrected chi connectivity index (χ4v) is 0. The molecule has 0 atom stereocenters. The van der Waals surface area contributed by atoms with Crippen LogP contribution in [0.5, 0.6) is 0 Å². The molecule has 0 amide bonds. The van der Waals surface area contributed by atoms with Crippen LogP contribution in [0.15, 0.2) is 0 Å². The predicted molar refractivity (Wildman–Crippen MR) is 21.2 cm³/mol. The summed E-state index contributed by atoms with van der Waals surface area (Å²) >= 11 is 6.27. The normalized spacial score (nSPS) is 6.00.